The molecule has 2 saturated carbocycles. The van der Waals surface area contributed by atoms with Crippen molar-refractivity contribution in [2.24, 2.45) is 17.8 Å². The molecule has 1 N–H and O–H groups in total. The molecule has 3 fully saturated rings. The summed E-state index contributed by atoms with van der Waals surface area (Å²) >= 11 is 5.83. The zero-order chi connectivity index (χ0) is 29.4. The lowest BCUT2D eigenvalue weighted by Gasteiger charge is -2.32. The van der Waals surface area contributed by atoms with Gasteiger partial charge in [0.05, 0.1) is 0 Å². The van der Waals surface area contributed by atoms with E-state index in [1.54, 1.807) is 0 Å². The predicted molar refractivity (Wildman–Crippen MR) is 159 cm³/mol. The molecule has 0 spiro atoms. The molecule has 0 radical (unpaired) electrons. The molecule has 6 rings (SSSR count). The van der Waals surface area contributed by atoms with E-state index in [0.717, 1.165) is 50.0 Å². The molecule has 1 amide bonds. The molecule has 3 aromatic carbocycles. The molecule has 4 atom stereocenters. The van der Waals surface area contributed by atoms with Crippen molar-refractivity contribution in [1.29, 1.82) is 0 Å². The molecule has 2 aliphatic carbocycles. The molecule has 1 saturated heterocycles. The molecular weight excluding hydrogens is 558 g/mol. The lowest BCUT2D eigenvalue weighted by Crippen LogP contribution is -2.41. The molecule has 5 nitrogen and oxygen atoms in total. The van der Waals surface area contributed by atoms with E-state index >= 15 is 0 Å². The van der Waals surface area contributed by atoms with Crippen molar-refractivity contribution in [3.8, 4) is 11.5 Å². The van der Waals surface area contributed by atoms with Crippen LogP contribution < -0.4 is 14.8 Å². The second-order valence-electron chi connectivity index (χ2n) is 11.9. The van der Waals surface area contributed by atoms with Crippen LogP contribution in [0.25, 0.3) is 0 Å². The number of carbonyl (C=O) groups excluding carboxylic acids is 1. The van der Waals surface area contributed by atoms with Crippen molar-refractivity contribution in [3.05, 3.63) is 93.5 Å². The summed E-state index contributed by atoms with van der Waals surface area (Å²) in [6.45, 7) is 6.95. The number of hydrogen-bond donors (Lipinski definition) is 1. The highest BCUT2D eigenvalue weighted by Gasteiger charge is 2.51. The van der Waals surface area contributed by atoms with Crippen LogP contribution in [0, 0.1) is 43.2 Å². The summed E-state index contributed by atoms with van der Waals surface area (Å²) in [4.78, 5) is 16.6. The first kappa shape index (κ1) is 28.9. The number of halogens is 3. The van der Waals surface area contributed by atoms with Gasteiger partial charge >= 0.3 is 0 Å². The van der Waals surface area contributed by atoms with Crippen LogP contribution in [0.3, 0.4) is 0 Å². The van der Waals surface area contributed by atoms with Crippen LogP contribution in [0.4, 0.5) is 8.78 Å². The van der Waals surface area contributed by atoms with Crippen LogP contribution >= 0.6 is 11.6 Å². The maximum absolute atomic E-state index is 14.4. The standard InChI is InChI=1S/C34H37ClF2N2O3/c1-20-4-3-5-23(21(20)2)19-39(25-8-9-25)34(40)31-27(16-24-17-38-18-28(24)31)22-6-10-26(11-7-22)41-14-15-42-33-30(37)13-12-29(36)32(33)35/h3-7,10-13,24-25,27-28,31,38H,8-9,14-19H2,1-2H3/t24-,27-,28+,31+/m0/s1. The minimum absolute atomic E-state index is 0.00875. The minimum Gasteiger partial charge on any atom is -0.490 e. The molecule has 42 heavy (non-hydrogen) atoms. The molecule has 3 aromatic rings. The number of nitrogens with zero attached hydrogens (tertiary/aromatic N) is 1. The fourth-order valence-corrected chi connectivity index (χ4v) is 7.00. The third-order valence-electron chi connectivity index (χ3n) is 9.37. The maximum atomic E-state index is 14.4. The first-order chi connectivity index (χ1) is 20.3. The van der Waals surface area contributed by atoms with Gasteiger partial charge in [-0.3, -0.25) is 4.79 Å². The Bertz CT molecular complexity index is 1450. The summed E-state index contributed by atoms with van der Waals surface area (Å²) in [5.74, 6) is 0.0987. The Labute approximate surface area is 251 Å². The Balaban J connectivity index is 1.14. The van der Waals surface area contributed by atoms with E-state index in [0.29, 0.717) is 36.1 Å². The molecule has 222 valence electrons. The van der Waals surface area contributed by atoms with Crippen molar-refractivity contribution < 1.29 is 23.0 Å². The van der Waals surface area contributed by atoms with E-state index in [9.17, 15) is 13.6 Å². The Morgan fingerprint density at radius 3 is 2.48 bits per heavy atom. The first-order valence-corrected chi connectivity index (χ1v) is 15.2. The number of hydrogen-bond acceptors (Lipinski definition) is 4. The number of carbonyl (C=O) groups is 1. The highest BCUT2D eigenvalue weighted by atomic mass is 35.5. The number of ether oxygens (including phenoxy) is 2. The zero-order valence-corrected chi connectivity index (χ0v) is 24.8. The number of rotatable bonds is 10. The summed E-state index contributed by atoms with van der Waals surface area (Å²) in [7, 11) is 0. The monoisotopic (exact) mass is 594 g/mol. The molecule has 0 unspecified atom stereocenters. The average Bonchev–Trinajstić information content (AvgIpc) is 3.61. The number of benzene rings is 3. The molecule has 8 heteroatoms. The maximum Gasteiger partial charge on any atom is 0.227 e. The summed E-state index contributed by atoms with van der Waals surface area (Å²) in [5, 5.41) is 3.16. The number of nitrogens with one attached hydrogen (secondary N) is 1. The summed E-state index contributed by atoms with van der Waals surface area (Å²) in [5.41, 5.74) is 4.92. The van der Waals surface area contributed by atoms with Gasteiger partial charge in [-0.15, -0.1) is 0 Å². The van der Waals surface area contributed by atoms with Crippen molar-refractivity contribution in [2.45, 2.75) is 51.6 Å². The lowest BCUT2D eigenvalue weighted by molar-refractivity contribution is -0.138. The van der Waals surface area contributed by atoms with Crippen molar-refractivity contribution in [3.63, 3.8) is 0 Å². The third kappa shape index (κ3) is 5.86. The Kier molecular flexibility index (Phi) is 8.42. The van der Waals surface area contributed by atoms with Crippen molar-refractivity contribution in [1.82, 2.24) is 10.2 Å². The summed E-state index contributed by atoms with van der Waals surface area (Å²) < 4.78 is 38.7. The second kappa shape index (κ2) is 12.2. The average molecular weight is 595 g/mol. The minimum atomic E-state index is -0.737. The van der Waals surface area contributed by atoms with Crippen LogP contribution in [0.2, 0.25) is 5.02 Å². The number of fused-ring (bicyclic) bond motifs is 1. The topological polar surface area (TPSA) is 50.8 Å². The third-order valence-corrected chi connectivity index (χ3v) is 9.72. The Morgan fingerprint density at radius 1 is 0.976 bits per heavy atom. The van der Waals surface area contributed by atoms with E-state index in [-0.39, 0.29) is 35.8 Å². The SMILES string of the molecule is Cc1cccc(CN(C(=O)[C@H]2[C@@H]3CNC[C@@H]3C[C@H]2c2ccc(OCCOc3c(F)ccc(F)c3Cl)cc2)C2CC2)c1C. The van der Waals surface area contributed by atoms with E-state index in [1.807, 2.05) is 12.1 Å². The van der Waals surface area contributed by atoms with Crippen LogP contribution in [-0.4, -0.2) is 43.2 Å². The van der Waals surface area contributed by atoms with Crippen LogP contribution in [0.15, 0.2) is 54.6 Å². The Hall–Kier alpha value is -3.16. The normalized spacial score (nSPS) is 23.1. The van der Waals surface area contributed by atoms with Gasteiger partial charge in [0, 0.05) is 18.5 Å². The summed E-state index contributed by atoms with van der Waals surface area (Å²) in [6, 6.07) is 16.6. The van der Waals surface area contributed by atoms with Crippen molar-refractivity contribution in [2.75, 3.05) is 26.3 Å². The largest absolute Gasteiger partial charge is 0.490 e. The fraction of sp³-hybridized carbons (Fsp3) is 0.441. The van der Waals surface area contributed by atoms with Crippen molar-refractivity contribution >= 4 is 17.5 Å². The van der Waals surface area contributed by atoms with Gasteiger partial charge in [0.25, 0.3) is 0 Å². The molecule has 1 heterocycles. The van der Waals surface area contributed by atoms with E-state index in [1.165, 1.54) is 16.7 Å². The molecular formula is C34H37ClF2N2O3. The first-order valence-electron chi connectivity index (χ1n) is 14.9. The van der Waals surface area contributed by atoms with Gasteiger partial charge in [-0.2, -0.15) is 0 Å². The number of amides is 1. The van der Waals surface area contributed by atoms with E-state index in [2.05, 4.69) is 54.4 Å². The van der Waals surface area contributed by atoms with Gasteiger partial charge < -0.3 is 19.7 Å². The van der Waals surface area contributed by atoms with Gasteiger partial charge in [-0.05, 0) is 110 Å². The lowest BCUT2D eigenvalue weighted by atomic mass is 9.83. The van der Waals surface area contributed by atoms with Gasteiger partial charge in [0.15, 0.2) is 11.6 Å². The molecule has 1 aliphatic heterocycles. The second-order valence-corrected chi connectivity index (χ2v) is 12.3. The van der Waals surface area contributed by atoms with Crippen LogP contribution in [0.5, 0.6) is 11.5 Å². The van der Waals surface area contributed by atoms with Gasteiger partial charge in [0.1, 0.15) is 29.8 Å². The molecule has 0 aromatic heterocycles. The zero-order valence-electron chi connectivity index (χ0n) is 24.0. The quantitative estimate of drug-likeness (QED) is 0.207. The van der Waals surface area contributed by atoms with E-state index in [4.69, 9.17) is 21.1 Å². The highest BCUT2D eigenvalue weighted by Crippen LogP contribution is 2.50. The molecule has 0 bridgehead atoms. The fourth-order valence-electron chi connectivity index (χ4n) is 6.79. The van der Waals surface area contributed by atoms with Gasteiger partial charge in [-0.1, -0.05) is 41.9 Å². The van der Waals surface area contributed by atoms with Crippen LogP contribution in [0.1, 0.15) is 47.4 Å². The Morgan fingerprint density at radius 2 is 1.71 bits per heavy atom. The smallest absolute Gasteiger partial charge is 0.227 e. The van der Waals surface area contributed by atoms with Gasteiger partial charge in [0.2, 0.25) is 5.91 Å². The van der Waals surface area contributed by atoms with E-state index < -0.39 is 11.6 Å². The predicted octanol–water partition coefficient (Wildman–Crippen LogP) is 6.82. The number of aryl methyl sites for hydroxylation is 1. The highest BCUT2D eigenvalue weighted by molar-refractivity contribution is 6.32. The van der Waals surface area contributed by atoms with Gasteiger partial charge in [-0.25, -0.2) is 8.78 Å². The molecule has 3 aliphatic rings. The van der Waals surface area contributed by atoms with Crippen LogP contribution in [-0.2, 0) is 11.3 Å². The summed E-state index contributed by atoms with van der Waals surface area (Å²) in [6.07, 6.45) is 3.15.